The van der Waals surface area contributed by atoms with Gasteiger partial charge < -0.3 is 37.0 Å². The van der Waals surface area contributed by atoms with Gasteiger partial charge in [-0.1, -0.05) is 46.2 Å². The monoisotopic (exact) mass is 494 g/mol. The summed E-state index contributed by atoms with van der Waals surface area (Å²) < 4.78 is 0. The third-order valence-corrected chi connectivity index (χ3v) is 5.71. The zero-order chi connectivity index (χ0) is 26.7. The zero-order valence-corrected chi connectivity index (χ0v) is 20.7. The van der Waals surface area contributed by atoms with Gasteiger partial charge in [-0.05, 0) is 36.0 Å². The molecule has 0 bridgehead atoms. The number of hydrogen-bond acceptors (Lipinski definition) is 7. The lowest BCUT2D eigenvalue weighted by Gasteiger charge is -2.26. The van der Waals surface area contributed by atoms with Gasteiger partial charge in [0.05, 0.1) is 12.6 Å². The highest BCUT2D eigenvalue weighted by Crippen LogP contribution is 2.13. The first-order valence-corrected chi connectivity index (χ1v) is 11.7. The Bertz CT molecular complexity index is 860. The van der Waals surface area contributed by atoms with Crippen LogP contribution < -0.4 is 21.7 Å². The Morgan fingerprint density at radius 1 is 0.886 bits per heavy atom. The average molecular weight is 495 g/mol. The predicted octanol–water partition coefficient (Wildman–Crippen LogP) is -0.114. The van der Waals surface area contributed by atoms with Crippen molar-refractivity contribution in [3.63, 3.8) is 0 Å². The summed E-state index contributed by atoms with van der Waals surface area (Å²) in [6, 6.07) is 1.57. The second kappa shape index (κ2) is 14.3. The number of aromatic hydroxyl groups is 1. The molecule has 0 heterocycles. The Morgan fingerprint density at radius 3 is 1.89 bits per heavy atom. The van der Waals surface area contributed by atoms with Crippen LogP contribution in [0.4, 0.5) is 0 Å². The molecule has 11 nitrogen and oxygen atoms in total. The van der Waals surface area contributed by atoms with Crippen molar-refractivity contribution >= 4 is 23.7 Å². The molecule has 0 aromatic heterocycles. The highest BCUT2D eigenvalue weighted by molar-refractivity contribution is 5.94. The number of aliphatic hydroxyl groups is 1. The summed E-state index contributed by atoms with van der Waals surface area (Å²) in [4.78, 5) is 49.9. The number of benzene rings is 1. The van der Waals surface area contributed by atoms with Gasteiger partial charge in [0.25, 0.3) is 0 Å². The van der Waals surface area contributed by atoms with Crippen molar-refractivity contribution in [2.24, 2.45) is 17.6 Å². The summed E-state index contributed by atoms with van der Waals surface area (Å²) in [5.74, 6) is -3.46. The van der Waals surface area contributed by atoms with E-state index in [1.165, 1.54) is 12.1 Å². The maximum Gasteiger partial charge on any atom is 0.328 e. The van der Waals surface area contributed by atoms with Gasteiger partial charge in [0.1, 0.15) is 23.9 Å². The minimum atomic E-state index is -1.52. The van der Waals surface area contributed by atoms with E-state index in [0.717, 1.165) is 0 Å². The number of hydrogen-bond donors (Lipinski definition) is 7. The van der Waals surface area contributed by atoms with Crippen LogP contribution >= 0.6 is 0 Å². The fourth-order valence-corrected chi connectivity index (χ4v) is 3.29. The molecule has 5 atom stereocenters. The largest absolute Gasteiger partial charge is 0.508 e. The molecule has 0 spiro atoms. The van der Waals surface area contributed by atoms with Crippen molar-refractivity contribution < 1.29 is 34.5 Å². The molecule has 0 radical (unpaired) electrons. The summed E-state index contributed by atoms with van der Waals surface area (Å²) in [7, 11) is 0. The van der Waals surface area contributed by atoms with Gasteiger partial charge in [-0.25, -0.2) is 4.79 Å². The SMILES string of the molecule is CCC(C)C(N)C(=O)NC(Cc1ccc(O)cc1)C(=O)NC(CC(C)C)C(=O)NC(CO)C(=O)O. The number of amides is 3. The molecule has 0 saturated heterocycles. The van der Waals surface area contributed by atoms with Crippen LogP contribution in [0, 0.1) is 11.8 Å². The van der Waals surface area contributed by atoms with E-state index in [9.17, 15) is 29.4 Å². The van der Waals surface area contributed by atoms with Gasteiger partial charge in [-0.3, -0.25) is 14.4 Å². The van der Waals surface area contributed by atoms with Crippen LogP contribution in [0.2, 0.25) is 0 Å². The normalized spacial score (nSPS) is 15.4. The van der Waals surface area contributed by atoms with Gasteiger partial charge in [0.2, 0.25) is 17.7 Å². The first-order chi connectivity index (χ1) is 16.4. The van der Waals surface area contributed by atoms with Crippen molar-refractivity contribution in [1.29, 1.82) is 0 Å². The quantitative estimate of drug-likeness (QED) is 0.186. The van der Waals surface area contributed by atoms with E-state index in [0.29, 0.717) is 12.0 Å². The number of nitrogens with two attached hydrogens (primary N) is 1. The number of rotatable bonds is 14. The van der Waals surface area contributed by atoms with Crippen molar-refractivity contribution in [1.82, 2.24) is 16.0 Å². The Labute approximate surface area is 205 Å². The Balaban J connectivity index is 3.13. The maximum atomic E-state index is 13.2. The molecule has 196 valence electrons. The van der Waals surface area contributed by atoms with E-state index in [4.69, 9.17) is 10.8 Å². The zero-order valence-electron chi connectivity index (χ0n) is 20.7. The summed E-state index contributed by atoms with van der Waals surface area (Å²) in [5, 5.41) is 35.3. The molecule has 11 heteroatoms. The van der Waals surface area contributed by atoms with Gasteiger partial charge in [0.15, 0.2) is 0 Å². The number of aliphatic carboxylic acids is 1. The van der Waals surface area contributed by atoms with E-state index < -0.39 is 54.5 Å². The lowest BCUT2D eigenvalue weighted by atomic mass is 9.97. The molecule has 1 aromatic carbocycles. The molecule has 0 fully saturated rings. The van der Waals surface area contributed by atoms with Crippen molar-refractivity contribution in [2.45, 2.75) is 71.1 Å². The highest BCUT2D eigenvalue weighted by atomic mass is 16.4. The van der Waals surface area contributed by atoms with Gasteiger partial charge in [0, 0.05) is 6.42 Å². The number of carbonyl (C=O) groups is 4. The Hall–Kier alpha value is -3.18. The molecule has 0 aliphatic carbocycles. The summed E-state index contributed by atoms with van der Waals surface area (Å²) >= 11 is 0. The van der Waals surface area contributed by atoms with Gasteiger partial charge in [-0.2, -0.15) is 0 Å². The van der Waals surface area contributed by atoms with E-state index in [-0.39, 0.29) is 30.4 Å². The van der Waals surface area contributed by atoms with Crippen LogP contribution in [-0.2, 0) is 25.6 Å². The van der Waals surface area contributed by atoms with Crippen LogP contribution in [0.15, 0.2) is 24.3 Å². The fourth-order valence-electron chi connectivity index (χ4n) is 3.29. The third kappa shape index (κ3) is 9.91. The van der Waals surface area contributed by atoms with Crippen LogP contribution in [0.5, 0.6) is 5.75 Å². The second-order valence-corrected chi connectivity index (χ2v) is 9.12. The number of carboxylic acid groups (broad SMARTS) is 1. The van der Waals surface area contributed by atoms with E-state index in [2.05, 4.69) is 16.0 Å². The lowest BCUT2D eigenvalue weighted by molar-refractivity contribution is -0.143. The number of phenols is 1. The number of phenolic OH excluding ortho intramolecular Hbond substituents is 1. The maximum absolute atomic E-state index is 13.2. The molecule has 1 aromatic rings. The molecule has 3 amide bonds. The molecule has 0 aliphatic heterocycles. The van der Waals surface area contributed by atoms with E-state index in [1.807, 2.05) is 27.7 Å². The Morgan fingerprint density at radius 2 is 1.40 bits per heavy atom. The molecule has 35 heavy (non-hydrogen) atoms. The van der Waals surface area contributed by atoms with Gasteiger partial charge in [-0.15, -0.1) is 0 Å². The molecule has 0 saturated carbocycles. The van der Waals surface area contributed by atoms with E-state index in [1.54, 1.807) is 12.1 Å². The number of carbonyl (C=O) groups excluding carboxylic acids is 3. The minimum absolute atomic E-state index is 0.0348. The molecular weight excluding hydrogens is 456 g/mol. The molecule has 0 aliphatic rings. The van der Waals surface area contributed by atoms with Crippen LogP contribution in [0.1, 0.15) is 46.1 Å². The molecule has 5 unspecified atom stereocenters. The first-order valence-electron chi connectivity index (χ1n) is 11.7. The van der Waals surface area contributed by atoms with Crippen LogP contribution in [0.25, 0.3) is 0 Å². The predicted molar refractivity (Wildman–Crippen MR) is 129 cm³/mol. The van der Waals surface area contributed by atoms with Crippen molar-refractivity contribution in [3.8, 4) is 5.75 Å². The second-order valence-electron chi connectivity index (χ2n) is 9.12. The van der Waals surface area contributed by atoms with Crippen molar-refractivity contribution in [3.05, 3.63) is 29.8 Å². The number of aliphatic hydroxyl groups excluding tert-OH is 1. The van der Waals surface area contributed by atoms with Crippen molar-refractivity contribution in [2.75, 3.05) is 6.61 Å². The molecule has 8 N–H and O–H groups in total. The molecule has 1 rings (SSSR count). The third-order valence-electron chi connectivity index (χ3n) is 5.71. The fraction of sp³-hybridized carbons (Fsp3) is 0.583. The summed E-state index contributed by atoms with van der Waals surface area (Å²) in [5.41, 5.74) is 6.68. The first kappa shape index (κ1) is 29.9. The minimum Gasteiger partial charge on any atom is -0.508 e. The standard InChI is InChI=1S/C24H38N4O7/c1-5-14(4)20(25)23(33)27-18(11-15-6-8-16(30)9-7-15)22(32)26-17(10-13(2)3)21(31)28-19(12-29)24(34)35/h6-9,13-14,17-20,29-30H,5,10-12,25H2,1-4H3,(H,26,32)(H,27,33)(H,28,31)(H,34,35). The van der Waals surface area contributed by atoms with Crippen LogP contribution in [0.3, 0.4) is 0 Å². The topological polar surface area (TPSA) is 191 Å². The average Bonchev–Trinajstić information content (AvgIpc) is 2.80. The smallest absolute Gasteiger partial charge is 0.328 e. The van der Waals surface area contributed by atoms with E-state index >= 15 is 0 Å². The highest BCUT2D eigenvalue weighted by Gasteiger charge is 2.31. The lowest BCUT2D eigenvalue weighted by Crippen LogP contribution is -2.58. The Kier molecular flexibility index (Phi) is 12.2. The summed E-state index contributed by atoms with van der Waals surface area (Å²) in [6.07, 6.45) is 0.923. The number of carboxylic acids is 1. The summed E-state index contributed by atoms with van der Waals surface area (Å²) in [6.45, 7) is 6.56. The van der Waals surface area contributed by atoms with Crippen LogP contribution in [-0.4, -0.2) is 69.8 Å². The molecular formula is C24H38N4O7. The van der Waals surface area contributed by atoms with Gasteiger partial charge >= 0.3 is 5.97 Å². The number of nitrogens with one attached hydrogen (secondary N) is 3.